The van der Waals surface area contributed by atoms with Gasteiger partial charge in [-0.2, -0.15) is 0 Å². The third-order valence-corrected chi connectivity index (χ3v) is 5.26. The van der Waals surface area contributed by atoms with Crippen molar-refractivity contribution in [2.24, 2.45) is 0 Å². The van der Waals surface area contributed by atoms with Crippen LogP contribution in [-0.4, -0.2) is 29.3 Å². The van der Waals surface area contributed by atoms with Gasteiger partial charge in [-0.05, 0) is 49.1 Å². The predicted octanol–water partition coefficient (Wildman–Crippen LogP) is 4.79. The lowest BCUT2D eigenvalue weighted by molar-refractivity contribution is -0.140. The molecule has 0 spiro atoms. The van der Waals surface area contributed by atoms with Gasteiger partial charge in [0.25, 0.3) is 0 Å². The van der Waals surface area contributed by atoms with Crippen LogP contribution in [0.5, 0.6) is 0 Å². The highest BCUT2D eigenvalue weighted by Gasteiger charge is 2.26. The fraction of sp³-hybridized carbons (Fsp3) is 0.364. The lowest BCUT2D eigenvalue weighted by Crippen LogP contribution is -2.48. The molecule has 2 aromatic rings. The lowest BCUT2D eigenvalue weighted by Gasteiger charge is -2.29. The summed E-state index contributed by atoms with van der Waals surface area (Å²) in [7, 11) is 0. The highest BCUT2D eigenvalue weighted by Crippen LogP contribution is 2.23. The molecule has 4 nitrogen and oxygen atoms in total. The van der Waals surface area contributed by atoms with Gasteiger partial charge in [0.1, 0.15) is 6.04 Å². The molecule has 2 amide bonds. The number of nitrogens with one attached hydrogen (secondary N) is 1. The number of carbonyl (C=O) groups is 2. The van der Waals surface area contributed by atoms with Crippen molar-refractivity contribution in [1.82, 2.24) is 10.2 Å². The molecule has 150 valence electrons. The van der Waals surface area contributed by atoms with Crippen molar-refractivity contribution >= 4 is 35.0 Å². The minimum atomic E-state index is -0.593. The number of benzene rings is 2. The van der Waals surface area contributed by atoms with Crippen molar-refractivity contribution in [3.8, 4) is 0 Å². The van der Waals surface area contributed by atoms with E-state index in [1.54, 1.807) is 30.0 Å². The molecule has 1 atom stereocenters. The summed E-state index contributed by atoms with van der Waals surface area (Å²) in [5, 5.41) is 3.84. The van der Waals surface area contributed by atoms with E-state index < -0.39 is 6.04 Å². The fourth-order valence-electron chi connectivity index (χ4n) is 2.88. The van der Waals surface area contributed by atoms with Crippen LogP contribution in [0.4, 0.5) is 0 Å². The smallest absolute Gasteiger partial charge is 0.242 e. The second kappa shape index (κ2) is 10.5. The Morgan fingerprint density at radius 2 is 1.82 bits per heavy atom. The van der Waals surface area contributed by atoms with Crippen molar-refractivity contribution in [3.05, 3.63) is 69.2 Å². The molecule has 0 radical (unpaired) electrons. The summed E-state index contributed by atoms with van der Waals surface area (Å²) in [5.74, 6) is -0.322. The molecule has 6 heteroatoms. The van der Waals surface area contributed by atoms with Crippen molar-refractivity contribution in [3.63, 3.8) is 0 Å². The van der Waals surface area contributed by atoms with E-state index in [-0.39, 0.29) is 18.2 Å². The highest BCUT2D eigenvalue weighted by molar-refractivity contribution is 6.35. The minimum Gasteiger partial charge on any atom is -0.354 e. The summed E-state index contributed by atoms with van der Waals surface area (Å²) in [6.45, 7) is 6.68. The monoisotopic (exact) mass is 420 g/mol. The van der Waals surface area contributed by atoms with E-state index in [4.69, 9.17) is 23.2 Å². The summed E-state index contributed by atoms with van der Waals surface area (Å²) < 4.78 is 0. The highest BCUT2D eigenvalue weighted by atomic mass is 35.5. The van der Waals surface area contributed by atoms with Crippen LogP contribution in [0.25, 0.3) is 0 Å². The first-order valence-electron chi connectivity index (χ1n) is 9.39. The van der Waals surface area contributed by atoms with Gasteiger partial charge in [-0.1, -0.05) is 60.5 Å². The Kier molecular flexibility index (Phi) is 8.34. The number of amides is 2. The minimum absolute atomic E-state index is 0.104. The van der Waals surface area contributed by atoms with Crippen molar-refractivity contribution in [1.29, 1.82) is 0 Å². The molecule has 0 aromatic heterocycles. The van der Waals surface area contributed by atoms with Gasteiger partial charge < -0.3 is 10.2 Å². The average molecular weight is 421 g/mol. The van der Waals surface area contributed by atoms with Crippen LogP contribution in [0.1, 0.15) is 37.0 Å². The van der Waals surface area contributed by atoms with Crippen LogP contribution < -0.4 is 5.32 Å². The Hall–Kier alpha value is -2.04. The van der Waals surface area contributed by atoms with E-state index in [0.29, 0.717) is 28.7 Å². The van der Waals surface area contributed by atoms with E-state index >= 15 is 0 Å². The average Bonchev–Trinajstić information content (AvgIpc) is 2.67. The van der Waals surface area contributed by atoms with E-state index in [1.807, 2.05) is 38.1 Å². The van der Waals surface area contributed by atoms with Crippen molar-refractivity contribution in [2.45, 2.75) is 46.2 Å². The summed E-state index contributed by atoms with van der Waals surface area (Å²) >= 11 is 12.2. The van der Waals surface area contributed by atoms with Gasteiger partial charge in [-0.3, -0.25) is 9.59 Å². The number of nitrogens with zero attached hydrogens (tertiary/aromatic N) is 1. The maximum Gasteiger partial charge on any atom is 0.242 e. The van der Waals surface area contributed by atoms with Crippen LogP contribution in [0.15, 0.2) is 42.5 Å². The standard InChI is InChI=1S/C22H26Cl2N2O2/c1-4-11-25-22(28)16(3)26(14-18-8-6-5-7-15(18)2)21(27)12-17-9-10-19(23)13-20(17)24/h5-10,13,16H,4,11-12,14H2,1-3H3,(H,25,28). The molecule has 0 aliphatic heterocycles. The summed E-state index contributed by atoms with van der Waals surface area (Å²) in [6, 6.07) is 12.3. The molecule has 0 saturated carbocycles. The molecule has 28 heavy (non-hydrogen) atoms. The zero-order valence-corrected chi connectivity index (χ0v) is 18.0. The van der Waals surface area contributed by atoms with Crippen LogP contribution in [0.2, 0.25) is 10.0 Å². The van der Waals surface area contributed by atoms with Gasteiger partial charge in [-0.15, -0.1) is 0 Å². The Bertz CT molecular complexity index is 839. The summed E-state index contributed by atoms with van der Waals surface area (Å²) in [5.41, 5.74) is 2.77. The van der Waals surface area contributed by atoms with Gasteiger partial charge in [0.15, 0.2) is 0 Å². The third-order valence-electron chi connectivity index (χ3n) is 4.68. The van der Waals surface area contributed by atoms with E-state index in [9.17, 15) is 9.59 Å². The van der Waals surface area contributed by atoms with E-state index in [0.717, 1.165) is 17.5 Å². The molecule has 2 aromatic carbocycles. The molecule has 0 bridgehead atoms. The first-order valence-corrected chi connectivity index (χ1v) is 10.1. The van der Waals surface area contributed by atoms with Gasteiger partial charge in [0, 0.05) is 23.1 Å². The molecule has 0 aliphatic rings. The number of aryl methyl sites for hydroxylation is 1. The number of halogens is 2. The number of carbonyl (C=O) groups excluding carboxylic acids is 2. The predicted molar refractivity (Wildman–Crippen MR) is 115 cm³/mol. The maximum atomic E-state index is 13.1. The van der Waals surface area contributed by atoms with Gasteiger partial charge in [-0.25, -0.2) is 0 Å². The number of hydrogen-bond acceptors (Lipinski definition) is 2. The molecule has 1 unspecified atom stereocenters. The van der Waals surface area contributed by atoms with Crippen LogP contribution in [0, 0.1) is 6.92 Å². The summed E-state index contributed by atoms with van der Waals surface area (Å²) in [6.07, 6.45) is 0.942. The van der Waals surface area contributed by atoms with Gasteiger partial charge >= 0.3 is 0 Å². The van der Waals surface area contributed by atoms with Gasteiger partial charge in [0.2, 0.25) is 11.8 Å². The van der Waals surface area contributed by atoms with Crippen LogP contribution in [0.3, 0.4) is 0 Å². The zero-order valence-electron chi connectivity index (χ0n) is 16.5. The first-order chi connectivity index (χ1) is 13.3. The Morgan fingerprint density at radius 3 is 2.46 bits per heavy atom. The molecule has 0 fully saturated rings. The normalized spacial score (nSPS) is 11.8. The lowest BCUT2D eigenvalue weighted by atomic mass is 10.1. The Labute approximate surface area is 176 Å². The summed E-state index contributed by atoms with van der Waals surface area (Å²) in [4.78, 5) is 27.3. The molecule has 0 heterocycles. The SMILES string of the molecule is CCCNC(=O)C(C)N(Cc1ccccc1C)C(=O)Cc1ccc(Cl)cc1Cl. The van der Waals surface area contributed by atoms with Crippen molar-refractivity contribution < 1.29 is 9.59 Å². The molecule has 2 rings (SSSR count). The largest absolute Gasteiger partial charge is 0.354 e. The molecular formula is C22H26Cl2N2O2. The van der Waals surface area contributed by atoms with E-state index in [1.165, 1.54) is 0 Å². The molecule has 0 aliphatic carbocycles. The quantitative estimate of drug-likeness (QED) is 0.667. The van der Waals surface area contributed by atoms with Gasteiger partial charge in [0.05, 0.1) is 6.42 Å². The molecule has 0 saturated heterocycles. The Morgan fingerprint density at radius 1 is 1.11 bits per heavy atom. The van der Waals surface area contributed by atoms with Crippen molar-refractivity contribution in [2.75, 3.05) is 6.54 Å². The topological polar surface area (TPSA) is 49.4 Å². The number of rotatable bonds is 8. The second-order valence-corrected chi connectivity index (χ2v) is 7.67. The van der Waals surface area contributed by atoms with Crippen LogP contribution >= 0.6 is 23.2 Å². The maximum absolute atomic E-state index is 13.1. The molecular weight excluding hydrogens is 395 g/mol. The van der Waals surface area contributed by atoms with E-state index in [2.05, 4.69) is 5.32 Å². The van der Waals surface area contributed by atoms with Crippen LogP contribution in [-0.2, 0) is 22.6 Å². The second-order valence-electron chi connectivity index (χ2n) is 6.83. The number of hydrogen-bond donors (Lipinski definition) is 1. The Balaban J connectivity index is 2.26. The first kappa shape index (κ1) is 22.3. The molecule has 1 N–H and O–H groups in total. The third kappa shape index (κ3) is 5.98. The zero-order chi connectivity index (χ0) is 20.7. The fourth-order valence-corrected chi connectivity index (χ4v) is 3.35.